The Morgan fingerprint density at radius 2 is 1.77 bits per heavy atom. The van der Waals surface area contributed by atoms with Crippen molar-refractivity contribution in [3.8, 4) is 17.2 Å². The lowest BCUT2D eigenvalue weighted by Gasteiger charge is -2.14. The van der Waals surface area contributed by atoms with Crippen molar-refractivity contribution >= 4 is 11.6 Å². The Morgan fingerprint density at radius 3 is 2.45 bits per heavy atom. The van der Waals surface area contributed by atoms with Gasteiger partial charge in [0.15, 0.2) is 11.5 Å². The second kappa shape index (κ2) is 8.01. The van der Waals surface area contributed by atoms with Gasteiger partial charge in [0, 0.05) is 17.6 Å². The van der Waals surface area contributed by atoms with Crippen LogP contribution in [0.25, 0.3) is 0 Å². The molecule has 2 aromatic rings. The molecule has 0 aromatic heterocycles. The molecule has 2 aromatic carbocycles. The van der Waals surface area contributed by atoms with E-state index in [1.807, 2.05) is 14.1 Å². The van der Waals surface area contributed by atoms with E-state index >= 15 is 0 Å². The van der Waals surface area contributed by atoms with Crippen LogP contribution in [0.2, 0.25) is 5.02 Å². The molecule has 0 amide bonds. The Bertz CT molecular complexity index is 602. The van der Waals surface area contributed by atoms with Crippen LogP contribution >= 0.6 is 11.6 Å². The fourth-order valence-corrected chi connectivity index (χ4v) is 2.00. The minimum absolute atomic E-state index is 0.355. The van der Waals surface area contributed by atoms with Gasteiger partial charge >= 0.3 is 0 Å². The van der Waals surface area contributed by atoms with Gasteiger partial charge in [0.05, 0.1) is 6.61 Å². The quantitative estimate of drug-likeness (QED) is 0.695. The Morgan fingerprint density at radius 1 is 1.05 bits per heavy atom. The molecule has 0 aliphatic heterocycles. The van der Waals surface area contributed by atoms with Crippen molar-refractivity contribution in [2.24, 2.45) is 0 Å². The average molecular weight is 324 g/mol. The molecule has 0 bridgehead atoms. The molecule has 3 nitrogen and oxygen atoms in total. The van der Waals surface area contributed by atoms with Crippen LogP contribution < -0.4 is 9.47 Å². The van der Waals surface area contributed by atoms with E-state index < -0.39 is 0 Å². The van der Waals surface area contributed by atoms with Crippen molar-refractivity contribution in [1.29, 1.82) is 0 Å². The number of hydrogen-bond donors (Lipinski definition) is 0. The molecular formula is C17H19ClFNO2. The van der Waals surface area contributed by atoms with E-state index in [1.165, 1.54) is 12.1 Å². The highest BCUT2D eigenvalue weighted by Crippen LogP contribution is 2.32. The second-order valence-electron chi connectivity index (χ2n) is 5.15. The first kappa shape index (κ1) is 16.6. The highest BCUT2D eigenvalue weighted by Gasteiger charge is 2.08. The van der Waals surface area contributed by atoms with E-state index in [0.717, 1.165) is 13.0 Å². The topological polar surface area (TPSA) is 21.7 Å². The zero-order valence-electron chi connectivity index (χ0n) is 12.7. The van der Waals surface area contributed by atoms with Gasteiger partial charge in [0.2, 0.25) is 0 Å². The van der Waals surface area contributed by atoms with Gasteiger partial charge in [-0.3, -0.25) is 0 Å². The van der Waals surface area contributed by atoms with Crippen LogP contribution in [0.5, 0.6) is 17.2 Å². The van der Waals surface area contributed by atoms with Gasteiger partial charge in [0.1, 0.15) is 11.6 Å². The number of rotatable bonds is 7. The van der Waals surface area contributed by atoms with E-state index in [0.29, 0.717) is 28.9 Å². The third-order valence-corrected chi connectivity index (χ3v) is 3.21. The van der Waals surface area contributed by atoms with Crippen molar-refractivity contribution in [1.82, 2.24) is 4.90 Å². The van der Waals surface area contributed by atoms with E-state index in [9.17, 15) is 4.39 Å². The molecule has 0 N–H and O–H groups in total. The highest BCUT2D eigenvalue weighted by molar-refractivity contribution is 6.30. The molecule has 0 heterocycles. The first-order valence-electron chi connectivity index (χ1n) is 7.05. The third kappa shape index (κ3) is 5.20. The zero-order chi connectivity index (χ0) is 15.9. The van der Waals surface area contributed by atoms with Crippen LogP contribution in [0.15, 0.2) is 42.5 Å². The summed E-state index contributed by atoms with van der Waals surface area (Å²) in [6.07, 6.45) is 0.851. The maximum atomic E-state index is 13.4. The third-order valence-electron chi connectivity index (χ3n) is 2.95. The normalized spacial score (nSPS) is 10.8. The molecule has 2 rings (SSSR count). The zero-order valence-corrected chi connectivity index (χ0v) is 13.4. The number of benzene rings is 2. The summed E-state index contributed by atoms with van der Waals surface area (Å²) in [5, 5.41) is 0.631. The van der Waals surface area contributed by atoms with Crippen LogP contribution in [0.3, 0.4) is 0 Å². The Balaban J connectivity index is 2.05. The second-order valence-corrected chi connectivity index (χ2v) is 5.59. The Kier molecular flexibility index (Phi) is 6.04. The molecule has 0 saturated carbocycles. The van der Waals surface area contributed by atoms with Crippen LogP contribution in [0.1, 0.15) is 6.42 Å². The van der Waals surface area contributed by atoms with Crippen LogP contribution in [-0.2, 0) is 0 Å². The first-order valence-corrected chi connectivity index (χ1v) is 7.43. The van der Waals surface area contributed by atoms with Crippen LogP contribution in [-0.4, -0.2) is 32.1 Å². The molecule has 0 unspecified atom stereocenters. The molecule has 0 atom stereocenters. The van der Waals surface area contributed by atoms with Crippen molar-refractivity contribution in [2.75, 3.05) is 27.2 Å². The summed E-state index contributed by atoms with van der Waals surface area (Å²) in [6.45, 7) is 1.40. The van der Waals surface area contributed by atoms with Crippen molar-refractivity contribution in [3.05, 3.63) is 53.3 Å². The van der Waals surface area contributed by atoms with Crippen molar-refractivity contribution < 1.29 is 13.9 Å². The molecule has 0 fully saturated rings. The minimum Gasteiger partial charge on any atom is -0.490 e. The number of halogens is 2. The minimum atomic E-state index is -0.355. The summed E-state index contributed by atoms with van der Waals surface area (Å²) in [6, 6.07) is 11.2. The number of nitrogens with zero attached hydrogens (tertiary/aromatic N) is 1. The molecule has 0 saturated heterocycles. The summed E-state index contributed by atoms with van der Waals surface area (Å²) in [7, 11) is 3.99. The van der Waals surface area contributed by atoms with E-state index in [-0.39, 0.29) is 5.82 Å². The largest absolute Gasteiger partial charge is 0.490 e. The molecule has 0 aliphatic rings. The van der Waals surface area contributed by atoms with Gasteiger partial charge in [-0.2, -0.15) is 0 Å². The van der Waals surface area contributed by atoms with Crippen LogP contribution in [0, 0.1) is 5.82 Å². The van der Waals surface area contributed by atoms with Gasteiger partial charge in [-0.25, -0.2) is 4.39 Å². The van der Waals surface area contributed by atoms with E-state index in [2.05, 4.69) is 4.90 Å². The molecule has 22 heavy (non-hydrogen) atoms. The van der Waals surface area contributed by atoms with Gasteiger partial charge in [-0.15, -0.1) is 0 Å². The summed E-state index contributed by atoms with van der Waals surface area (Å²) in [5.74, 6) is 1.14. The molecule has 0 aliphatic carbocycles. The lowest BCUT2D eigenvalue weighted by Crippen LogP contribution is -2.15. The lowest BCUT2D eigenvalue weighted by molar-refractivity contribution is 0.271. The lowest BCUT2D eigenvalue weighted by atomic mass is 10.3. The van der Waals surface area contributed by atoms with E-state index in [1.54, 1.807) is 30.3 Å². The first-order chi connectivity index (χ1) is 10.5. The maximum absolute atomic E-state index is 13.4. The van der Waals surface area contributed by atoms with Gasteiger partial charge in [-0.1, -0.05) is 11.6 Å². The maximum Gasteiger partial charge on any atom is 0.169 e. The average Bonchev–Trinajstić information content (AvgIpc) is 2.48. The summed E-state index contributed by atoms with van der Waals surface area (Å²) >= 11 is 5.84. The highest BCUT2D eigenvalue weighted by atomic mass is 35.5. The summed E-state index contributed by atoms with van der Waals surface area (Å²) in [4.78, 5) is 2.07. The molecule has 0 spiro atoms. The predicted octanol–water partition coefficient (Wildman–Crippen LogP) is 4.60. The fourth-order valence-electron chi connectivity index (χ4n) is 1.87. The summed E-state index contributed by atoms with van der Waals surface area (Å²) < 4.78 is 24.8. The Hall–Kier alpha value is -1.78. The van der Waals surface area contributed by atoms with Gasteiger partial charge in [-0.05, 0) is 56.9 Å². The molecule has 0 radical (unpaired) electrons. The van der Waals surface area contributed by atoms with Crippen molar-refractivity contribution in [3.63, 3.8) is 0 Å². The molecule has 5 heteroatoms. The standard InChI is InChI=1S/C17H19ClFNO2/c1-20(2)10-3-11-21-17-12-14(19)6-9-16(17)22-15-7-4-13(18)5-8-15/h4-9,12H,3,10-11H2,1-2H3. The smallest absolute Gasteiger partial charge is 0.169 e. The fraction of sp³-hybridized carbons (Fsp3) is 0.294. The number of hydrogen-bond acceptors (Lipinski definition) is 3. The van der Waals surface area contributed by atoms with Gasteiger partial charge < -0.3 is 14.4 Å². The summed E-state index contributed by atoms with van der Waals surface area (Å²) in [5.41, 5.74) is 0. The monoisotopic (exact) mass is 323 g/mol. The van der Waals surface area contributed by atoms with Crippen molar-refractivity contribution in [2.45, 2.75) is 6.42 Å². The SMILES string of the molecule is CN(C)CCCOc1cc(F)ccc1Oc1ccc(Cl)cc1. The number of ether oxygens (including phenoxy) is 2. The Labute approximate surface area is 135 Å². The predicted molar refractivity (Wildman–Crippen MR) is 86.6 cm³/mol. The van der Waals surface area contributed by atoms with Crippen LogP contribution in [0.4, 0.5) is 4.39 Å². The molecule has 118 valence electrons. The van der Waals surface area contributed by atoms with Gasteiger partial charge in [0.25, 0.3) is 0 Å². The molecular weight excluding hydrogens is 305 g/mol. The van der Waals surface area contributed by atoms with E-state index in [4.69, 9.17) is 21.1 Å².